The molecule has 2 N–H and O–H groups in total. The van der Waals surface area contributed by atoms with E-state index in [0.29, 0.717) is 16.1 Å². The molecule has 0 spiro atoms. The maximum Gasteiger partial charge on any atom is 0.258 e. The van der Waals surface area contributed by atoms with E-state index < -0.39 is 11.8 Å². The Balaban J connectivity index is 1.60. The number of pyridine rings is 1. The van der Waals surface area contributed by atoms with Crippen LogP contribution < -0.4 is 5.73 Å². The number of nitrogens with zero attached hydrogens (tertiary/aromatic N) is 3. The molecule has 0 saturated carbocycles. The molecule has 3 aromatic heterocycles. The molecule has 0 unspecified atom stereocenters. The van der Waals surface area contributed by atoms with Crippen LogP contribution in [0.1, 0.15) is 32.9 Å². The number of carbonyl (C=O) groups excluding carboxylic acids is 2. The Hall–Kier alpha value is -2.81. The molecule has 1 fully saturated rings. The van der Waals surface area contributed by atoms with Crippen LogP contribution >= 0.6 is 11.3 Å². The Morgan fingerprint density at radius 1 is 1.22 bits per heavy atom. The highest BCUT2D eigenvalue weighted by molar-refractivity contribution is 7.12. The molecule has 9 heteroatoms. The molecule has 1 saturated heterocycles. The van der Waals surface area contributed by atoms with Crippen LogP contribution in [0.5, 0.6) is 0 Å². The number of rotatable bonds is 3. The van der Waals surface area contributed by atoms with Crippen LogP contribution in [0.3, 0.4) is 0 Å². The van der Waals surface area contributed by atoms with Crippen LogP contribution in [-0.2, 0) is 0 Å². The van der Waals surface area contributed by atoms with E-state index in [1.807, 2.05) is 6.07 Å². The molecular formula is C18H16F2N4O2S. The predicted octanol–water partition coefficient (Wildman–Crippen LogP) is 3.06. The van der Waals surface area contributed by atoms with Crippen molar-refractivity contribution < 1.29 is 18.4 Å². The third-order valence-corrected chi connectivity index (χ3v) is 5.59. The second-order valence-electron chi connectivity index (χ2n) is 6.50. The molecule has 4 heterocycles. The minimum atomic E-state index is -2.69. The van der Waals surface area contributed by atoms with E-state index in [1.54, 1.807) is 28.3 Å². The van der Waals surface area contributed by atoms with Crippen molar-refractivity contribution in [3.8, 4) is 5.69 Å². The highest BCUT2D eigenvalue weighted by Gasteiger charge is 2.35. The van der Waals surface area contributed by atoms with Crippen LogP contribution in [0.4, 0.5) is 8.78 Å². The molecule has 4 rings (SSSR count). The monoisotopic (exact) mass is 390 g/mol. The summed E-state index contributed by atoms with van der Waals surface area (Å²) < 4.78 is 28.4. The zero-order valence-electron chi connectivity index (χ0n) is 14.2. The third-order valence-electron chi connectivity index (χ3n) is 4.66. The Morgan fingerprint density at radius 2 is 1.96 bits per heavy atom. The topological polar surface area (TPSA) is 81.2 Å². The minimum Gasteiger partial charge on any atom is -0.365 e. The average molecular weight is 390 g/mol. The molecular weight excluding hydrogens is 374 g/mol. The van der Waals surface area contributed by atoms with Crippen molar-refractivity contribution in [1.29, 1.82) is 0 Å². The number of fused-ring (bicyclic) bond motifs is 1. The van der Waals surface area contributed by atoms with E-state index in [9.17, 15) is 18.4 Å². The number of primary amides is 1. The zero-order valence-corrected chi connectivity index (χ0v) is 15.0. The highest BCUT2D eigenvalue weighted by Crippen LogP contribution is 2.29. The number of likely N-dealkylation sites (tertiary alicyclic amines) is 1. The summed E-state index contributed by atoms with van der Waals surface area (Å²) in [7, 11) is 0. The number of hydrogen-bond acceptors (Lipinski definition) is 4. The fraction of sp³-hybridized carbons (Fsp3) is 0.278. The van der Waals surface area contributed by atoms with Crippen molar-refractivity contribution in [1.82, 2.24) is 14.5 Å². The van der Waals surface area contributed by atoms with Gasteiger partial charge in [-0.25, -0.2) is 13.8 Å². The number of halogens is 2. The summed E-state index contributed by atoms with van der Waals surface area (Å²) in [4.78, 5) is 30.1. The van der Waals surface area contributed by atoms with Crippen LogP contribution in [0, 0.1) is 0 Å². The van der Waals surface area contributed by atoms with Crippen molar-refractivity contribution in [3.63, 3.8) is 0 Å². The third kappa shape index (κ3) is 3.30. The van der Waals surface area contributed by atoms with Gasteiger partial charge in [0.25, 0.3) is 17.7 Å². The van der Waals surface area contributed by atoms with Gasteiger partial charge in [-0.05, 0) is 18.2 Å². The summed E-state index contributed by atoms with van der Waals surface area (Å²) in [5, 5.41) is 2.55. The van der Waals surface area contributed by atoms with Gasteiger partial charge in [-0.3, -0.25) is 9.59 Å². The Morgan fingerprint density at radius 3 is 2.63 bits per heavy atom. The van der Waals surface area contributed by atoms with Crippen molar-refractivity contribution in [3.05, 3.63) is 46.4 Å². The van der Waals surface area contributed by atoms with Gasteiger partial charge in [0, 0.05) is 49.1 Å². The lowest BCUT2D eigenvalue weighted by molar-refractivity contribution is -0.0494. The molecule has 1 aliphatic rings. The number of piperidine rings is 1. The molecule has 0 radical (unpaired) electrons. The molecule has 140 valence electrons. The first-order chi connectivity index (χ1) is 12.8. The summed E-state index contributed by atoms with van der Waals surface area (Å²) in [5.41, 5.74) is 7.05. The lowest BCUT2D eigenvalue weighted by Crippen LogP contribution is -2.42. The van der Waals surface area contributed by atoms with E-state index in [2.05, 4.69) is 4.98 Å². The SMILES string of the molecule is NC(=O)c1cc(-n2ccc3cc(C(=O)N4CCC(F)(F)CC4)cnc32)cs1. The number of thiophene rings is 1. The van der Waals surface area contributed by atoms with Gasteiger partial charge in [-0.2, -0.15) is 0 Å². The van der Waals surface area contributed by atoms with Gasteiger partial charge < -0.3 is 15.2 Å². The second kappa shape index (κ2) is 6.41. The number of amides is 2. The number of nitrogens with two attached hydrogens (primary N) is 1. The molecule has 0 atom stereocenters. The molecule has 27 heavy (non-hydrogen) atoms. The smallest absolute Gasteiger partial charge is 0.258 e. The summed E-state index contributed by atoms with van der Waals surface area (Å²) in [6.07, 6.45) is 2.62. The Bertz CT molecular complexity index is 1030. The summed E-state index contributed by atoms with van der Waals surface area (Å²) in [6, 6.07) is 5.20. The fourth-order valence-electron chi connectivity index (χ4n) is 3.15. The maximum absolute atomic E-state index is 13.3. The quantitative estimate of drug-likeness (QED) is 0.746. The lowest BCUT2D eigenvalue weighted by Gasteiger charge is -2.31. The van der Waals surface area contributed by atoms with Crippen LogP contribution in [0.15, 0.2) is 36.0 Å². The lowest BCUT2D eigenvalue weighted by atomic mass is 10.1. The molecule has 1 aliphatic heterocycles. The van der Waals surface area contributed by atoms with Gasteiger partial charge >= 0.3 is 0 Å². The molecule has 2 amide bonds. The standard InChI is InChI=1S/C18H16F2N4O2S/c19-18(20)2-5-23(6-3-18)17(26)12-7-11-1-4-24(16(11)22-9-12)13-8-14(15(21)25)27-10-13/h1,4,7-10H,2-3,5-6H2,(H2,21,25). The average Bonchev–Trinajstić information content (AvgIpc) is 3.27. The van der Waals surface area contributed by atoms with Gasteiger partial charge in [0.15, 0.2) is 0 Å². The second-order valence-corrected chi connectivity index (χ2v) is 7.42. The normalized spacial score (nSPS) is 16.6. The maximum atomic E-state index is 13.3. The minimum absolute atomic E-state index is 0.0374. The largest absolute Gasteiger partial charge is 0.365 e. The number of hydrogen-bond donors (Lipinski definition) is 1. The van der Waals surface area contributed by atoms with E-state index in [1.165, 1.54) is 22.4 Å². The Kier molecular flexibility index (Phi) is 4.18. The van der Waals surface area contributed by atoms with E-state index >= 15 is 0 Å². The molecule has 6 nitrogen and oxygen atoms in total. The molecule has 3 aromatic rings. The van der Waals surface area contributed by atoms with Crippen LogP contribution in [0.25, 0.3) is 16.7 Å². The van der Waals surface area contributed by atoms with E-state index in [4.69, 9.17) is 5.73 Å². The number of aromatic nitrogens is 2. The summed E-state index contributed by atoms with van der Waals surface area (Å²) in [6.45, 7) is 0.0748. The van der Waals surface area contributed by atoms with Crippen molar-refractivity contribution in [2.75, 3.05) is 13.1 Å². The van der Waals surface area contributed by atoms with Crippen molar-refractivity contribution in [2.24, 2.45) is 5.73 Å². The molecule has 0 aromatic carbocycles. The zero-order chi connectivity index (χ0) is 19.2. The van der Waals surface area contributed by atoms with Gasteiger partial charge in [0.05, 0.1) is 16.1 Å². The first-order valence-corrected chi connectivity index (χ1v) is 9.25. The first-order valence-electron chi connectivity index (χ1n) is 8.37. The van der Waals surface area contributed by atoms with E-state index in [0.717, 1.165) is 11.1 Å². The van der Waals surface area contributed by atoms with Crippen LogP contribution in [-0.4, -0.2) is 45.3 Å². The van der Waals surface area contributed by atoms with Gasteiger partial charge in [-0.15, -0.1) is 11.3 Å². The summed E-state index contributed by atoms with van der Waals surface area (Å²) in [5.74, 6) is -3.48. The Labute approximate surface area is 157 Å². The van der Waals surface area contributed by atoms with Crippen molar-refractivity contribution >= 4 is 34.2 Å². The predicted molar refractivity (Wildman–Crippen MR) is 97.5 cm³/mol. The number of alkyl halides is 2. The molecule has 0 bridgehead atoms. The van der Waals surface area contributed by atoms with Crippen molar-refractivity contribution in [2.45, 2.75) is 18.8 Å². The van der Waals surface area contributed by atoms with Gasteiger partial charge in [0.2, 0.25) is 0 Å². The van der Waals surface area contributed by atoms with E-state index in [-0.39, 0.29) is 31.8 Å². The molecule has 0 aliphatic carbocycles. The fourth-order valence-corrected chi connectivity index (χ4v) is 3.88. The van der Waals surface area contributed by atoms with Gasteiger partial charge in [-0.1, -0.05) is 0 Å². The highest BCUT2D eigenvalue weighted by atomic mass is 32.1. The van der Waals surface area contributed by atoms with Gasteiger partial charge in [0.1, 0.15) is 5.65 Å². The first kappa shape index (κ1) is 17.6. The van der Waals surface area contributed by atoms with Crippen LogP contribution in [0.2, 0.25) is 0 Å². The number of carbonyl (C=O) groups is 2. The summed E-state index contributed by atoms with van der Waals surface area (Å²) >= 11 is 1.25.